The molecule has 4 nitrogen and oxygen atoms in total. The lowest BCUT2D eigenvalue weighted by atomic mass is 9.90. The third-order valence-corrected chi connectivity index (χ3v) is 4.43. The summed E-state index contributed by atoms with van der Waals surface area (Å²) in [6.07, 6.45) is -3.40. The maximum Gasteiger partial charge on any atom is 0.573 e. The molecule has 1 aliphatic rings. The molecule has 1 N–H and O–H groups in total. The maximum absolute atomic E-state index is 12.4. The highest BCUT2D eigenvalue weighted by Gasteiger charge is 2.31. The summed E-state index contributed by atoms with van der Waals surface area (Å²) >= 11 is 0. The van der Waals surface area contributed by atoms with Gasteiger partial charge in [0.1, 0.15) is 11.5 Å². The van der Waals surface area contributed by atoms with Gasteiger partial charge in [0.25, 0.3) is 0 Å². The highest BCUT2D eigenvalue weighted by Crippen LogP contribution is 2.41. The van der Waals surface area contributed by atoms with Gasteiger partial charge in [0.05, 0.1) is 6.61 Å². The Labute approximate surface area is 156 Å². The number of aliphatic hydroxyl groups is 1. The van der Waals surface area contributed by atoms with Crippen LogP contribution in [0.1, 0.15) is 16.7 Å². The molecule has 146 valence electrons. The van der Waals surface area contributed by atoms with Gasteiger partial charge in [-0.05, 0) is 55.4 Å². The molecular weight excluding hydrogens is 359 g/mol. The smallest absolute Gasteiger partial charge is 0.492 e. The van der Waals surface area contributed by atoms with Gasteiger partial charge in [-0.3, -0.25) is 0 Å². The Kier molecular flexibility index (Phi) is 5.62. The molecule has 0 unspecified atom stereocenters. The van der Waals surface area contributed by atoms with Crippen LogP contribution in [0.3, 0.4) is 0 Å². The van der Waals surface area contributed by atoms with Crippen molar-refractivity contribution in [1.82, 2.24) is 4.90 Å². The van der Waals surface area contributed by atoms with Crippen LogP contribution in [0.5, 0.6) is 11.5 Å². The lowest BCUT2D eigenvalue weighted by Gasteiger charge is -2.20. The second-order valence-corrected chi connectivity index (χ2v) is 6.75. The van der Waals surface area contributed by atoms with Crippen molar-refractivity contribution in [3.8, 4) is 22.6 Å². The molecule has 0 radical (unpaired) electrons. The number of nitrogens with zero attached hydrogens (tertiary/aromatic N) is 1. The Morgan fingerprint density at radius 3 is 2.48 bits per heavy atom. The minimum Gasteiger partial charge on any atom is -0.492 e. The topological polar surface area (TPSA) is 41.9 Å². The van der Waals surface area contributed by atoms with Gasteiger partial charge >= 0.3 is 6.36 Å². The van der Waals surface area contributed by atoms with Gasteiger partial charge in [0.2, 0.25) is 0 Å². The fourth-order valence-corrected chi connectivity index (χ4v) is 3.46. The van der Waals surface area contributed by atoms with E-state index in [-0.39, 0.29) is 12.4 Å². The first-order chi connectivity index (χ1) is 12.8. The molecule has 0 fully saturated rings. The summed E-state index contributed by atoms with van der Waals surface area (Å²) < 4.78 is 46.9. The molecule has 0 atom stereocenters. The van der Waals surface area contributed by atoms with Crippen molar-refractivity contribution in [2.24, 2.45) is 0 Å². The lowest BCUT2D eigenvalue weighted by Crippen LogP contribution is -2.17. The molecule has 3 rings (SSSR count). The fourth-order valence-electron chi connectivity index (χ4n) is 3.46. The van der Waals surface area contributed by atoms with E-state index < -0.39 is 6.36 Å². The van der Waals surface area contributed by atoms with Gasteiger partial charge in [-0.2, -0.15) is 0 Å². The number of rotatable bonds is 6. The van der Waals surface area contributed by atoms with Crippen molar-refractivity contribution < 1.29 is 27.8 Å². The second-order valence-electron chi connectivity index (χ2n) is 6.75. The Morgan fingerprint density at radius 2 is 1.89 bits per heavy atom. The van der Waals surface area contributed by atoms with Crippen molar-refractivity contribution in [1.29, 1.82) is 0 Å². The van der Waals surface area contributed by atoms with Crippen molar-refractivity contribution in [3.63, 3.8) is 0 Å². The zero-order chi connectivity index (χ0) is 19.6. The first-order valence-electron chi connectivity index (χ1n) is 8.70. The van der Waals surface area contributed by atoms with Gasteiger partial charge in [0, 0.05) is 30.7 Å². The number of alkyl halides is 3. The summed E-state index contributed by atoms with van der Waals surface area (Å²) in [6.45, 7) is 1.31. The molecule has 0 aromatic heterocycles. The maximum atomic E-state index is 12.4. The van der Waals surface area contributed by atoms with Gasteiger partial charge in [0.15, 0.2) is 0 Å². The van der Waals surface area contributed by atoms with E-state index >= 15 is 0 Å². The molecule has 0 saturated carbocycles. The van der Waals surface area contributed by atoms with E-state index in [1.165, 1.54) is 12.1 Å². The van der Waals surface area contributed by atoms with E-state index in [9.17, 15) is 18.3 Å². The quantitative estimate of drug-likeness (QED) is 0.827. The largest absolute Gasteiger partial charge is 0.573 e. The van der Waals surface area contributed by atoms with Crippen LogP contribution < -0.4 is 9.47 Å². The molecule has 0 amide bonds. The monoisotopic (exact) mass is 381 g/mol. The van der Waals surface area contributed by atoms with Crippen molar-refractivity contribution >= 4 is 0 Å². The van der Waals surface area contributed by atoms with Gasteiger partial charge < -0.3 is 19.5 Å². The Morgan fingerprint density at radius 1 is 1.19 bits per heavy atom. The van der Waals surface area contributed by atoms with Crippen LogP contribution in [-0.4, -0.2) is 43.7 Å². The summed E-state index contributed by atoms with van der Waals surface area (Å²) in [4.78, 5) is 2.04. The van der Waals surface area contributed by atoms with Crippen LogP contribution in [-0.2, 0) is 19.4 Å². The first-order valence-corrected chi connectivity index (χ1v) is 8.70. The molecule has 0 aliphatic carbocycles. The number of benzene rings is 2. The average Bonchev–Trinajstić information content (AvgIpc) is 3.05. The molecular formula is C20H22F3NO3. The molecule has 2 aromatic rings. The fraction of sp³-hybridized carbons (Fsp3) is 0.400. The summed E-state index contributed by atoms with van der Waals surface area (Å²) in [5, 5.41) is 9.46. The molecule has 2 aromatic carbocycles. The normalized spacial score (nSPS) is 13.6. The van der Waals surface area contributed by atoms with E-state index in [0.29, 0.717) is 19.6 Å². The minimum atomic E-state index is -4.71. The van der Waals surface area contributed by atoms with E-state index in [2.05, 4.69) is 4.74 Å². The van der Waals surface area contributed by atoms with Gasteiger partial charge in [-0.15, -0.1) is 13.2 Å². The van der Waals surface area contributed by atoms with Crippen LogP contribution in [0.25, 0.3) is 11.1 Å². The predicted octanol–water partition coefficient (Wildman–Crippen LogP) is 3.78. The molecule has 0 saturated heterocycles. The molecule has 7 heteroatoms. The number of hydrogen-bond acceptors (Lipinski definition) is 4. The number of ether oxygens (including phenoxy) is 2. The van der Waals surface area contributed by atoms with Crippen LogP contribution in [0, 0.1) is 0 Å². The standard InChI is InChI=1S/C20H22F3NO3/c1-24(2)12-14-11-18(19-17(8-10-26-19)16(14)7-9-25)13-3-5-15(6-4-13)27-20(21,22)23/h3-6,11,25H,7-10,12H2,1-2H3. The Hall–Kier alpha value is -2.25. The SMILES string of the molecule is CN(C)Cc1cc(-c2ccc(OC(F)(F)F)cc2)c2c(c1CCO)CCO2. The molecule has 27 heavy (non-hydrogen) atoms. The third kappa shape index (κ3) is 4.54. The average molecular weight is 381 g/mol. The predicted molar refractivity (Wildman–Crippen MR) is 95.9 cm³/mol. The van der Waals surface area contributed by atoms with Crippen LogP contribution in [0.4, 0.5) is 13.2 Å². The summed E-state index contributed by atoms with van der Waals surface area (Å²) in [5.74, 6) is 0.500. The van der Waals surface area contributed by atoms with E-state index in [0.717, 1.165) is 40.0 Å². The van der Waals surface area contributed by atoms with E-state index in [1.54, 1.807) is 12.1 Å². The van der Waals surface area contributed by atoms with Crippen LogP contribution >= 0.6 is 0 Å². The van der Waals surface area contributed by atoms with Crippen molar-refractivity contribution in [2.45, 2.75) is 25.7 Å². The summed E-state index contributed by atoms with van der Waals surface area (Å²) in [5.41, 5.74) is 4.87. The summed E-state index contributed by atoms with van der Waals surface area (Å²) in [7, 11) is 3.94. The highest BCUT2D eigenvalue weighted by atomic mass is 19.4. The zero-order valence-corrected chi connectivity index (χ0v) is 15.3. The van der Waals surface area contributed by atoms with Gasteiger partial charge in [-0.25, -0.2) is 0 Å². The Balaban J connectivity index is 2.03. The zero-order valence-electron chi connectivity index (χ0n) is 15.3. The lowest BCUT2D eigenvalue weighted by molar-refractivity contribution is -0.274. The number of hydrogen-bond donors (Lipinski definition) is 1. The summed E-state index contributed by atoms with van der Waals surface area (Å²) in [6, 6.07) is 7.82. The van der Waals surface area contributed by atoms with E-state index in [4.69, 9.17) is 4.74 Å². The van der Waals surface area contributed by atoms with Crippen molar-refractivity contribution in [2.75, 3.05) is 27.3 Å². The van der Waals surface area contributed by atoms with E-state index in [1.807, 2.05) is 25.1 Å². The van der Waals surface area contributed by atoms with Crippen LogP contribution in [0.15, 0.2) is 30.3 Å². The molecule has 0 bridgehead atoms. The van der Waals surface area contributed by atoms with Gasteiger partial charge in [-0.1, -0.05) is 12.1 Å². The molecule has 1 aliphatic heterocycles. The highest BCUT2D eigenvalue weighted by molar-refractivity contribution is 5.75. The first kappa shape index (κ1) is 19.5. The third-order valence-electron chi connectivity index (χ3n) is 4.43. The number of halogens is 3. The van der Waals surface area contributed by atoms with Crippen molar-refractivity contribution in [3.05, 3.63) is 47.0 Å². The molecule has 0 spiro atoms. The number of aliphatic hydroxyl groups excluding tert-OH is 1. The Bertz CT molecular complexity index is 802. The second kappa shape index (κ2) is 7.78. The van der Waals surface area contributed by atoms with Crippen LogP contribution in [0.2, 0.25) is 0 Å². The molecule has 1 heterocycles. The minimum absolute atomic E-state index is 0.0513. The number of fused-ring (bicyclic) bond motifs is 1.